The summed E-state index contributed by atoms with van der Waals surface area (Å²) in [6, 6.07) is 0.597. The van der Waals surface area contributed by atoms with Gasteiger partial charge in [0.2, 0.25) is 5.91 Å². The Kier molecular flexibility index (Phi) is 4.29. The van der Waals surface area contributed by atoms with E-state index in [-0.39, 0.29) is 11.9 Å². The fourth-order valence-electron chi connectivity index (χ4n) is 1.91. The molecule has 2 atom stereocenters. The Labute approximate surface area is 94.5 Å². The molecule has 0 saturated carbocycles. The maximum Gasteiger partial charge on any atom is 0.221 e. The Morgan fingerprint density at radius 1 is 1.60 bits per heavy atom. The summed E-state index contributed by atoms with van der Waals surface area (Å²) in [6.45, 7) is 2.48. The van der Waals surface area contributed by atoms with Crippen molar-refractivity contribution >= 4 is 17.7 Å². The molecule has 2 unspecified atom stereocenters. The van der Waals surface area contributed by atoms with Gasteiger partial charge in [-0.2, -0.15) is 11.8 Å². The zero-order valence-corrected chi connectivity index (χ0v) is 9.65. The molecule has 2 heterocycles. The molecule has 86 valence electrons. The van der Waals surface area contributed by atoms with Gasteiger partial charge in [0.05, 0.1) is 12.6 Å². The first-order chi connectivity index (χ1) is 7.34. The van der Waals surface area contributed by atoms with Gasteiger partial charge in [-0.25, -0.2) is 0 Å². The van der Waals surface area contributed by atoms with E-state index in [1.807, 2.05) is 11.8 Å². The quantitative estimate of drug-likeness (QED) is 0.716. The predicted octanol–water partition coefficient (Wildman–Crippen LogP) is -0.0134. The van der Waals surface area contributed by atoms with E-state index in [1.54, 1.807) is 0 Å². The first-order valence-corrected chi connectivity index (χ1v) is 6.68. The smallest absolute Gasteiger partial charge is 0.221 e. The molecule has 4 nitrogen and oxygen atoms in total. The highest BCUT2D eigenvalue weighted by atomic mass is 32.2. The Morgan fingerprint density at radius 2 is 2.53 bits per heavy atom. The van der Waals surface area contributed by atoms with Crippen molar-refractivity contribution in [3.8, 4) is 0 Å². The van der Waals surface area contributed by atoms with Gasteiger partial charge in [-0.05, 0) is 6.42 Å². The van der Waals surface area contributed by atoms with E-state index in [1.165, 1.54) is 0 Å². The number of carbonyl (C=O) groups excluding carboxylic acids is 1. The lowest BCUT2D eigenvalue weighted by atomic mass is 10.2. The number of thioether (sulfide) groups is 1. The van der Waals surface area contributed by atoms with Crippen molar-refractivity contribution in [1.82, 2.24) is 10.6 Å². The molecule has 2 N–H and O–H groups in total. The summed E-state index contributed by atoms with van der Waals surface area (Å²) in [4.78, 5) is 11.7. The normalized spacial score (nSPS) is 31.5. The number of nitrogens with one attached hydrogen (secondary N) is 2. The summed E-state index contributed by atoms with van der Waals surface area (Å²) in [6.07, 6.45) is 1.56. The zero-order chi connectivity index (χ0) is 10.5. The third-order valence-electron chi connectivity index (χ3n) is 2.73. The van der Waals surface area contributed by atoms with Gasteiger partial charge >= 0.3 is 0 Å². The van der Waals surface area contributed by atoms with Crippen LogP contribution >= 0.6 is 11.8 Å². The van der Waals surface area contributed by atoms with Gasteiger partial charge in [0, 0.05) is 37.1 Å². The van der Waals surface area contributed by atoms with Crippen LogP contribution in [0.15, 0.2) is 0 Å². The molecule has 0 spiro atoms. The second kappa shape index (κ2) is 5.72. The predicted molar refractivity (Wildman–Crippen MR) is 61.1 cm³/mol. The topological polar surface area (TPSA) is 50.4 Å². The molecule has 5 heteroatoms. The van der Waals surface area contributed by atoms with Crippen molar-refractivity contribution < 1.29 is 9.53 Å². The third-order valence-corrected chi connectivity index (χ3v) is 3.86. The fourth-order valence-corrected chi connectivity index (χ4v) is 2.86. The van der Waals surface area contributed by atoms with Crippen molar-refractivity contribution in [2.75, 3.05) is 31.3 Å². The number of hydrogen-bond acceptors (Lipinski definition) is 4. The first kappa shape index (κ1) is 11.2. The van der Waals surface area contributed by atoms with Crippen LogP contribution in [0.4, 0.5) is 0 Å². The lowest BCUT2D eigenvalue weighted by Crippen LogP contribution is -2.43. The second-order valence-electron chi connectivity index (χ2n) is 4.06. The van der Waals surface area contributed by atoms with E-state index in [0.717, 1.165) is 31.1 Å². The molecule has 2 saturated heterocycles. The van der Waals surface area contributed by atoms with Crippen molar-refractivity contribution in [3.05, 3.63) is 0 Å². The lowest BCUT2D eigenvalue weighted by molar-refractivity contribution is -0.122. The molecule has 0 aliphatic carbocycles. The van der Waals surface area contributed by atoms with Gasteiger partial charge in [-0.15, -0.1) is 0 Å². The highest BCUT2D eigenvalue weighted by Gasteiger charge is 2.21. The van der Waals surface area contributed by atoms with Gasteiger partial charge in [-0.1, -0.05) is 0 Å². The Bertz CT molecular complexity index is 213. The third kappa shape index (κ3) is 3.66. The summed E-state index contributed by atoms with van der Waals surface area (Å²) in [7, 11) is 0. The van der Waals surface area contributed by atoms with E-state index < -0.39 is 0 Å². The minimum Gasteiger partial charge on any atom is -0.379 e. The number of rotatable bonds is 3. The molecular formula is C10H18N2O2S. The van der Waals surface area contributed by atoms with Gasteiger partial charge in [0.1, 0.15) is 0 Å². The molecule has 2 rings (SSSR count). The molecule has 2 aliphatic heterocycles. The van der Waals surface area contributed by atoms with E-state index >= 15 is 0 Å². The minimum atomic E-state index is 0.158. The number of hydrogen-bond donors (Lipinski definition) is 2. The Hall–Kier alpha value is -0.260. The van der Waals surface area contributed by atoms with Crippen molar-refractivity contribution in [2.45, 2.75) is 24.9 Å². The van der Waals surface area contributed by atoms with Gasteiger partial charge in [0.25, 0.3) is 0 Å². The fraction of sp³-hybridized carbons (Fsp3) is 0.900. The molecular weight excluding hydrogens is 212 g/mol. The van der Waals surface area contributed by atoms with Gasteiger partial charge in [0.15, 0.2) is 0 Å². The molecule has 0 bridgehead atoms. The summed E-state index contributed by atoms with van der Waals surface area (Å²) >= 11 is 1.92. The van der Waals surface area contributed by atoms with Crippen molar-refractivity contribution in [3.63, 3.8) is 0 Å². The van der Waals surface area contributed by atoms with Crippen molar-refractivity contribution in [1.29, 1.82) is 0 Å². The number of carbonyl (C=O) groups is 1. The van der Waals surface area contributed by atoms with Crippen LogP contribution in [0.2, 0.25) is 0 Å². The minimum absolute atomic E-state index is 0.158. The monoisotopic (exact) mass is 230 g/mol. The van der Waals surface area contributed by atoms with Crippen LogP contribution in [0.5, 0.6) is 0 Å². The SMILES string of the molecule is O=C(CC1CSCCN1)NC1CCOC1. The molecule has 0 radical (unpaired) electrons. The highest BCUT2D eigenvalue weighted by molar-refractivity contribution is 7.99. The van der Waals surface area contributed by atoms with Crippen LogP contribution < -0.4 is 10.6 Å². The highest BCUT2D eigenvalue weighted by Crippen LogP contribution is 2.10. The molecule has 0 aromatic carbocycles. The lowest BCUT2D eigenvalue weighted by Gasteiger charge is -2.23. The summed E-state index contributed by atoms with van der Waals surface area (Å²) < 4.78 is 5.21. The van der Waals surface area contributed by atoms with Crippen LogP contribution in [0.1, 0.15) is 12.8 Å². The first-order valence-electron chi connectivity index (χ1n) is 5.53. The summed E-state index contributed by atoms with van der Waals surface area (Å²) in [5, 5.41) is 6.37. The Morgan fingerprint density at radius 3 is 3.20 bits per heavy atom. The van der Waals surface area contributed by atoms with Gasteiger partial charge < -0.3 is 15.4 Å². The van der Waals surface area contributed by atoms with E-state index in [4.69, 9.17) is 4.74 Å². The number of amides is 1. The molecule has 1 amide bonds. The molecule has 15 heavy (non-hydrogen) atoms. The second-order valence-corrected chi connectivity index (χ2v) is 5.21. The summed E-state index contributed by atoms with van der Waals surface area (Å²) in [5.74, 6) is 2.37. The van der Waals surface area contributed by atoms with Crippen LogP contribution in [0, 0.1) is 0 Å². The average molecular weight is 230 g/mol. The van der Waals surface area contributed by atoms with Crippen LogP contribution in [0.3, 0.4) is 0 Å². The molecule has 0 aromatic rings. The van der Waals surface area contributed by atoms with E-state index in [9.17, 15) is 4.79 Å². The molecule has 2 fully saturated rings. The number of ether oxygens (including phenoxy) is 1. The van der Waals surface area contributed by atoms with Crippen LogP contribution in [0.25, 0.3) is 0 Å². The maximum absolute atomic E-state index is 11.7. The van der Waals surface area contributed by atoms with E-state index in [0.29, 0.717) is 19.1 Å². The molecule has 2 aliphatic rings. The Balaban J connectivity index is 1.66. The zero-order valence-electron chi connectivity index (χ0n) is 8.83. The standard InChI is InChI=1S/C10H18N2O2S/c13-10(12-8-1-3-14-6-8)5-9-7-15-4-2-11-9/h8-9,11H,1-7H2,(H,12,13). The largest absolute Gasteiger partial charge is 0.379 e. The van der Waals surface area contributed by atoms with Crippen LogP contribution in [-0.2, 0) is 9.53 Å². The average Bonchev–Trinajstić information content (AvgIpc) is 2.71. The van der Waals surface area contributed by atoms with Crippen molar-refractivity contribution in [2.24, 2.45) is 0 Å². The maximum atomic E-state index is 11.7. The molecule has 0 aromatic heterocycles. The summed E-state index contributed by atoms with van der Waals surface area (Å²) in [5.41, 5.74) is 0. The van der Waals surface area contributed by atoms with Gasteiger partial charge in [-0.3, -0.25) is 4.79 Å². The van der Waals surface area contributed by atoms with E-state index in [2.05, 4.69) is 10.6 Å². The van der Waals surface area contributed by atoms with Crippen LogP contribution in [-0.4, -0.2) is 49.3 Å².